The second-order valence-corrected chi connectivity index (χ2v) is 7.33. The predicted octanol–water partition coefficient (Wildman–Crippen LogP) is 2.84. The molecule has 2 aliphatic rings. The molecule has 26 heavy (non-hydrogen) atoms. The van der Waals surface area contributed by atoms with Crippen LogP contribution in [-0.2, 0) is 16.0 Å². The molecule has 1 fully saturated rings. The first-order chi connectivity index (χ1) is 12.6. The Bertz CT molecular complexity index is 883. The largest absolute Gasteiger partial charge is 0.467 e. The van der Waals surface area contributed by atoms with Gasteiger partial charge in [-0.1, -0.05) is 29.8 Å². The molecule has 5 nitrogen and oxygen atoms in total. The average Bonchev–Trinajstić information content (AvgIpc) is 2.98. The van der Waals surface area contributed by atoms with Crippen LogP contribution in [0.1, 0.15) is 36.7 Å². The number of piperidine rings is 1. The number of carbonyl (C=O) groups excluding carboxylic acids is 1. The second-order valence-electron chi connectivity index (χ2n) is 7.33. The van der Waals surface area contributed by atoms with Gasteiger partial charge < -0.3 is 14.4 Å². The standard InChI is InChI=1S/C21H26N2O3/c1-4-13-12-22(2)18-11-16(13)20(21(25)26-3)23-17-8-6-5-7-14(17)15(9-10-24)19(18)23/h4-8,16,18,20,24H,9-12H2,1-3H3/b13-4-/t16-,18-,20+/m0/s1. The Labute approximate surface area is 153 Å². The molecule has 2 aromatic rings. The number of aliphatic hydroxyl groups excluding tert-OH is 1. The molecule has 0 unspecified atom stereocenters. The minimum atomic E-state index is -0.344. The van der Waals surface area contributed by atoms with Crippen LogP contribution in [0.25, 0.3) is 10.9 Å². The number of para-hydroxylation sites is 1. The molecule has 0 amide bonds. The summed E-state index contributed by atoms with van der Waals surface area (Å²) in [6.07, 6.45) is 3.66. The Morgan fingerprint density at radius 3 is 2.85 bits per heavy atom. The quantitative estimate of drug-likeness (QED) is 0.680. The maximum absolute atomic E-state index is 12.9. The van der Waals surface area contributed by atoms with Gasteiger partial charge in [0.25, 0.3) is 0 Å². The first kappa shape index (κ1) is 17.3. The lowest BCUT2D eigenvalue weighted by molar-refractivity contribution is -0.147. The molecule has 3 heterocycles. The summed E-state index contributed by atoms with van der Waals surface area (Å²) in [7, 11) is 3.62. The number of nitrogens with zero attached hydrogens (tertiary/aromatic N) is 2. The number of benzene rings is 1. The van der Waals surface area contributed by atoms with Gasteiger partial charge in [-0.3, -0.25) is 4.90 Å². The van der Waals surface area contributed by atoms with Crippen molar-refractivity contribution in [3.63, 3.8) is 0 Å². The molecule has 1 aromatic carbocycles. The smallest absolute Gasteiger partial charge is 0.329 e. The van der Waals surface area contributed by atoms with E-state index in [9.17, 15) is 9.90 Å². The van der Waals surface area contributed by atoms with E-state index in [1.54, 1.807) is 0 Å². The highest BCUT2D eigenvalue weighted by Crippen LogP contribution is 2.50. The molecule has 0 aliphatic carbocycles. The van der Waals surface area contributed by atoms with Crippen LogP contribution in [-0.4, -0.2) is 47.9 Å². The van der Waals surface area contributed by atoms with Crippen molar-refractivity contribution in [1.82, 2.24) is 9.47 Å². The van der Waals surface area contributed by atoms with Gasteiger partial charge in [0.05, 0.1) is 13.2 Å². The lowest BCUT2D eigenvalue weighted by atomic mass is 9.76. The minimum absolute atomic E-state index is 0.101. The van der Waals surface area contributed by atoms with Crippen molar-refractivity contribution in [2.75, 3.05) is 27.3 Å². The number of rotatable bonds is 3. The number of likely N-dealkylation sites (tertiary alicyclic amines) is 1. The molecule has 2 bridgehead atoms. The van der Waals surface area contributed by atoms with Crippen LogP contribution in [0.5, 0.6) is 0 Å². The molecule has 0 spiro atoms. The van der Waals surface area contributed by atoms with E-state index in [4.69, 9.17) is 4.74 Å². The Morgan fingerprint density at radius 1 is 1.38 bits per heavy atom. The third-order valence-electron chi connectivity index (χ3n) is 6.13. The van der Waals surface area contributed by atoms with E-state index in [2.05, 4.69) is 41.6 Å². The van der Waals surface area contributed by atoms with E-state index >= 15 is 0 Å². The average molecular weight is 354 g/mol. The Morgan fingerprint density at radius 2 is 2.15 bits per heavy atom. The SMILES string of the molecule is C/C=C1/CN(C)[C@H]2C[C@@H]1[C@H](C(=O)OC)n1c2c(CCO)c2ccccc21. The van der Waals surface area contributed by atoms with E-state index < -0.39 is 0 Å². The van der Waals surface area contributed by atoms with Crippen molar-refractivity contribution in [2.24, 2.45) is 5.92 Å². The monoisotopic (exact) mass is 354 g/mol. The van der Waals surface area contributed by atoms with Crippen LogP contribution >= 0.6 is 0 Å². The molecular formula is C21H26N2O3. The zero-order valence-electron chi connectivity index (χ0n) is 15.6. The van der Waals surface area contributed by atoms with Gasteiger partial charge in [0.15, 0.2) is 0 Å². The van der Waals surface area contributed by atoms with Gasteiger partial charge >= 0.3 is 5.97 Å². The van der Waals surface area contributed by atoms with Gasteiger partial charge in [-0.15, -0.1) is 0 Å². The first-order valence-corrected chi connectivity index (χ1v) is 9.28. The van der Waals surface area contributed by atoms with Crippen molar-refractivity contribution < 1.29 is 14.6 Å². The lowest BCUT2D eigenvalue weighted by Gasteiger charge is -2.47. The summed E-state index contributed by atoms with van der Waals surface area (Å²) in [5.74, 6) is -0.0335. The summed E-state index contributed by atoms with van der Waals surface area (Å²) in [6, 6.07) is 8.11. The van der Waals surface area contributed by atoms with Crippen molar-refractivity contribution in [3.05, 3.63) is 47.2 Å². The number of hydrogen-bond acceptors (Lipinski definition) is 4. The fourth-order valence-corrected chi connectivity index (χ4v) is 5.00. The highest BCUT2D eigenvalue weighted by atomic mass is 16.5. The number of aromatic nitrogens is 1. The summed E-state index contributed by atoms with van der Waals surface area (Å²) in [5, 5.41) is 10.8. The van der Waals surface area contributed by atoms with Gasteiger partial charge in [-0.25, -0.2) is 4.79 Å². The fraction of sp³-hybridized carbons (Fsp3) is 0.476. The van der Waals surface area contributed by atoms with E-state index in [1.807, 2.05) is 12.1 Å². The van der Waals surface area contributed by atoms with Gasteiger partial charge in [-0.05, 0) is 38.4 Å². The Balaban J connectivity index is 2.05. The van der Waals surface area contributed by atoms with Crippen molar-refractivity contribution >= 4 is 16.9 Å². The van der Waals surface area contributed by atoms with Crippen molar-refractivity contribution in [2.45, 2.75) is 31.8 Å². The molecule has 1 N–H and O–H groups in total. The topological polar surface area (TPSA) is 54.7 Å². The number of likely N-dealkylation sites (N-methyl/N-ethyl adjacent to an activating group) is 1. The number of methoxy groups -OCH3 is 1. The number of ether oxygens (including phenoxy) is 1. The number of fused-ring (bicyclic) bond motifs is 6. The number of allylic oxidation sites excluding steroid dienone is 1. The van der Waals surface area contributed by atoms with Crippen LogP contribution in [0.15, 0.2) is 35.9 Å². The Kier molecular flexibility index (Phi) is 4.37. The van der Waals surface area contributed by atoms with Crippen LogP contribution in [0.4, 0.5) is 0 Å². The van der Waals surface area contributed by atoms with E-state index in [0.29, 0.717) is 6.42 Å². The molecule has 1 saturated heterocycles. The maximum Gasteiger partial charge on any atom is 0.329 e. The minimum Gasteiger partial charge on any atom is -0.467 e. The summed E-state index contributed by atoms with van der Waals surface area (Å²) in [6.45, 7) is 3.02. The molecule has 138 valence electrons. The summed E-state index contributed by atoms with van der Waals surface area (Å²) >= 11 is 0. The first-order valence-electron chi connectivity index (χ1n) is 9.28. The molecule has 2 aliphatic heterocycles. The third kappa shape index (κ3) is 2.34. The Hall–Kier alpha value is -2.11. The summed E-state index contributed by atoms with van der Waals surface area (Å²) in [4.78, 5) is 15.2. The van der Waals surface area contributed by atoms with E-state index in [0.717, 1.165) is 29.4 Å². The molecule has 3 atom stereocenters. The van der Waals surface area contributed by atoms with Crippen molar-refractivity contribution in [1.29, 1.82) is 0 Å². The highest BCUT2D eigenvalue weighted by molar-refractivity contribution is 5.89. The van der Waals surface area contributed by atoms with Crippen LogP contribution in [0, 0.1) is 5.92 Å². The summed E-state index contributed by atoms with van der Waals surface area (Å²) < 4.78 is 7.42. The second kappa shape index (κ2) is 6.56. The van der Waals surface area contributed by atoms with Gasteiger partial charge in [0, 0.05) is 35.7 Å². The lowest BCUT2D eigenvalue weighted by Crippen LogP contribution is -2.46. The van der Waals surface area contributed by atoms with Gasteiger partial charge in [0.2, 0.25) is 0 Å². The number of esters is 1. The highest BCUT2D eigenvalue weighted by Gasteiger charge is 2.47. The molecule has 1 aromatic heterocycles. The van der Waals surface area contributed by atoms with Gasteiger partial charge in [-0.2, -0.15) is 0 Å². The van der Waals surface area contributed by atoms with E-state index in [1.165, 1.54) is 18.4 Å². The van der Waals surface area contributed by atoms with Crippen LogP contribution in [0.2, 0.25) is 0 Å². The fourth-order valence-electron chi connectivity index (χ4n) is 5.00. The third-order valence-corrected chi connectivity index (χ3v) is 6.13. The zero-order chi connectivity index (χ0) is 18.4. The normalized spacial score (nSPS) is 26.9. The van der Waals surface area contributed by atoms with Gasteiger partial charge in [0.1, 0.15) is 6.04 Å². The van der Waals surface area contributed by atoms with E-state index in [-0.39, 0.29) is 30.6 Å². The zero-order valence-corrected chi connectivity index (χ0v) is 15.6. The number of aliphatic hydroxyl groups is 1. The van der Waals surface area contributed by atoms with Crippen LogP contribution < -0.4 is 0 Å². The van der Waals surface area contributed by atoms with Crippen molar-refractivity contribution in [3.8, 4) is 0 Å². The predicted molar refractivity (Wildman–Crippen MR) is 101 cm³/mol. The summed E-state index contributed by atoms with van der Waals surface area (Å²) in [5.41, 5.74) is 4.69. The molecular weight excluding hydrogens is 328 g/mol. The maximum atomic E-state index is 12.9. The molecule has 0 radical (unpaired) electrons. The molecule has 0 saturated carbocycles. The number of hydrogen-bond donors (Lipinski definition) is 1. The van der Waals surface area contributed by atoms with Crippen LogP contribution in [0.3, 0.4) is 0 Å². The number of carbonyl (C=O) groups is 1. The molecule has 5 heteroatoms. The molecule has 4 rings (SSSR count).